The van der Waals surface area contributed by atoms with E-state index in [1.54, 1.807) is 24.3 Å². The first-order valence-electron chi connectivity index (χ1n) is 5.79. The van der Waals surface area contributed by atoms with E-state index in [-0.39, 0.29) is 11.1 Å². The zero-order chi connectivity index (χ0) is 14.5. The Balaban J connectivity index is 2.59. The number of hydrogen-bond donors (Lipinski definition) is 1. The molecular formula is C15H12O4S. The van der Waals surface area contributed by atoms with Crippen molar-refractivity contribution in [1.82, 2.24) is 0 Å². The Bertz CT molecular complexity index is 656. The second-order valence-electron chi connectivity index (χ2n) is 3.92. The van der Waals surface area contributed by atoms with E-state index in [9.17, 15) is 14.7 Å². The normalized spacial score (nSPS) is 11.2. The van der Waals surface area contributed by atoms with Crippen LogP contribution in [0.1, 0.15) is 20.8 Å². The van der Waals surface area contributed by atoms with E-state index in [1.807, 2.05) is 17.5 Å². The molecule has 0 radical (unpaired) electrons. The Morgan fingerprint density at radius 3 is 2.40 bits per heavy atom. The highest BCUT2D eigenvalue weighted by Crippen LogP contribution is 2.25. The maximum atomic E-state index is 11.9. The maximum Gasteiger partial charge on any atom is 0.338 e. The van der Waals surface area contributed by atoms with Crippen molar-refractivity contribution < 1.29 is 19.4 Å². The standard InChI is InChI=1S/C15H12O4S/c1-19-15(18)13(9-10-5-4-8-20-10)11-6-2-3-7-12(11)14(16)17/h2-9H,1H3,(H,16,17)/b13-9+. The second-order valence-corrected chi connectivity index (χ2v) is 4.90. The largest absolute Gasteiger partial charge is 0.478 e. The fourth-order valence-electron chi connectivity index (χ4n) is 1.78. The fraction of sp³-hybridized carbons (Fsp3) is 0.0667. The highest BCUT2D eigenvalue weighted by molar-refractivity contribution is 7.11. The summed E-state index contributed by atoms with van der Waals surface area (Å²) in [7, 11) is 1.27. The van der Waals surface area contributed by atoms with Crippen LogP contribution in [0, 0.1) is 0 Å². The van der Waals surface area contributed by atoms with Gasteiger partial charge in [0.25, 0.3) is 0 Å². The van der Waals surface area contributed by atoms with Crippen molar-refractivity contribution in [2.75, 3.05) is 7.11 Å². The average molecular weight is 288 g/mol. The number of benzene rings is 1. The Morgan fingerprint density at radius 1 is 1.15 bits per heavy atom. The Kier molecular flexibility index (Phi) is 4.32. The van der Waals surface area contributed by atoms with E-state index in [0.29, 0.717) is 5.56 Å². The van der Waals surface area contributed by atoms with Gasteiger partial charge in [-0.3, -0.25) is 0 Å². The molecule has 0 spiro atoms. The summed E-state index contributed by atoms with van der Waals surface area (Å²) in [6, 6.07) is 10.1. The van der Waals surface area contributed by atoms with Gasteiger partial charge in [0.15, 0.2) is 0 Å². The van der Waals surface area contributed by atoms with Crippen LogP contribution in [0.5, 0.6) is 0 Å². The van der Waals surface area contributed by atoms with Gasteiger partial charge in [0.05, 0.1) is 18.2 Å². The number of methoxy groups -OCH3 is 1. The monoisotopic (exact) mass is 288 g/mol. The summed E-state index contributed by atoms with van der Waals surface area (Å²) in [5.41, 5.74) is 0.647. The molecule has 4 nitrogen and oxygen atoms in total. The molecule has 1 aromatic carbocycles. The number of hydrogen-bond acceptors (Lipinski definition) is 4. The molecular weight excluding hydrogens is 276 g/mol. The predicted molar refractivity (Wildman–Crippen MR) is 77.6 cm³/mol. The van der Waals surface area contributed by atoms with Gasteiger partial charge in [-0.25, -0.2) is 9.59 Å². The SMILES string of the molecule is COC(=O)/C(=C/c1cccs1)c1ccccc1C(=O)O. The van der Waals surface area contributed by atoms with Crippen LogP contribution in [0.3, 0.4) is 0 Å². The third-order valence-corrected chi connectivity index (χ3v) is 3.50. The van der Waals surface area contributed by atoms with Crippen LogP contribution in [0.25, 0.3) is 11.6 Å². The molecule has 0 saturated carbocycles. The smallest absolute Gasteiger partial charge is 0.338 e. The molecule has 1 N–H and O–H groups in total. The Hall–Kier alpha value is -2.40. The molecule has 102 valence electrons. The molecule has 0 unspecified atom stereocenters. The van der Waals surface area contributed by atoms with Crippen molar-refractivity contribution in [3.63, 3.8) is 0 Å². The summed E-state index contributed by atoms with van der Waals surface area (Å²) in [4.78, 5) is 24.0. The van der Waals surface area contributed by atoms with Gasteiger partial charge >= 0.3 is 11.9 Å². The lowest BCUT2D eigenvalue weighted by Crippen LogP contribution is -2.09. The molecule has 0 amide bonds. The first-order valence-corrected chi connectivity index (χ1v) is 6.67. The quantitative estimate of drug-likeness (QED) is 0.693. The summed E-state index contributed by atoms with van der Waals surface area (Å²) in [6.07, 6.45) is 1.64. The van der Waals surface area contributed by atoms with E-state index in [1.165, 1.54) is 24.5 Å². The Labute approximate surface area is 119 Å². The number of carbonyl (C=O) groups excluding carboxylic acids is 1. The molecule has 20 heavy (non-hydrogen) atoms. The van der Waals surface area contributed by atoms with Crippen LogP contribution in [0.15, 0.2) is 41.8 Å². The van der Waals surface area contributed by atoms with Gasteiger partial charge in [-0.05, 0) is 23.6 Å². The number of esters is 1. The van der Waals surface area contributed by atoms with Gasteiger partial charge in [-0.1, -0.05) is 24.3 Å². The van der Waals surface area contributed by atoms with E-state index < -0.39 is 11.9 Å². The van der Waals surface area contributed by atoms with Gasteiger partial charge in [0.2, 0.25) is 0 Å². The van der Waals surface area contributed by atoms with Gasteiger partial charge in [0.1, 0.15) is 0 Å². The summed E-state index contributed by atoms with van der Waals surface area (Å²) < 4.78 is 4.75. The van der Waals surface area contributed by atoms with Crippen LogP contribution in [0.2, 0.25) is 0 Å². The van der Waals surface area contributed by atoms with Crippen molar-refractivity contribution >= 4 is 34.9 Å². The van der Waals surface area contributed by atoms with E-state index in [4.69, 9.17) is 4.74 Å². The third kappa shape index (κ3) is 2.95. The lowest BCUT2D eigenvalue weighted by Gasteiger charge is -2.08. The third-order valence-electron chi connectivity index (χ3n) is 2.68. The summed E-state index contributed by atoms with van der Waals surface area (Å²) in [5.74, 6) is -1.64. The lowest BCUT2D eigenvalue weighted by molar-refractivity contribution is -0.133. The molecule has 2 aromatic rings. The van der Waals surface area contributed by atoms with Crippen molar-refractivity contribution in [1.29, 1.82) is 0 Å². The van der Waals surface area contributed by atoms with Gasteiger partial charge in [-0.15, -0.1) is 11.3 Å². The number of carboxylic acids is 1. The second kappa shape index (κ2) is 6.16. The van der Waals surface area contributed by atoms with Crippen LogP contribution < -0.4 is 0 Å². The van der Waals surface area contributed by atoms with Crippen LogP contribution in [-0.2, 0) is 9.53 Å². The molecule has 1 aromatic heterocycles. The predicted octanol–water partition coefficient (Wildman–Crippen LogP) is 3.16. The molecule has 0 bridgehead atoms. The molecule has 5 heteroatoms. The highest BCUT2D eigenvalue weighted by atomic mass is 32.1. The number of rotatable bonds is 4. The summed E-state index contributed by atoms with van der Waals surface area (Å²) in [6.45, 7) is 0. The number of carbonyl (C=O) groups is 2. The molecule has 0 aliphatic carbocycles. The molecule has 0 aliphatic rings. The maximum absolute atomic E-state index is 11.9. The first-order chi connectivity index (χ1) is 9.63. The molecule has 2 rings (SSSR count). The van der Waals surface area contributed by atoms with E-state index >= 15 is 0 Å². The van der Waals surface area contributed by atoms with Gasteiger partial charge in [0, 0.05) is 10.4 Å². The lowest BCUT2D eigenvalue weighted by atomic mass is 9.99. The Morgan fingerprint density at radius 2 is 1.85 bits per heavy atom. The minimum Gasteiger partial charge on any atom is -0.478 e. The van der Waals surface area contributed by atoms with Crippen molar-refractivity contribution in [3.8, 4) is 0 Å². The zero-order valence-corrected chi connectivity index (χ0v) is 11.5. The summed E-state index contributed by atoms with van der Waals surface area (Å²) in [5, 5.41) is 11.1. The number of aromatic carboxylic acids is 1. The zero-order valence-electron chi connectivity index (χ0n) is 10.7. The molecule has 0 atom stereocenters. The van der Waals surface area contributed by atoms with E-state index in [0.717, 1.165) is 4.88 Å². The van der Waals surface area contributed by atoms with Gasteiger partial charge in [-0.2, -0.15) is 0 Å². The minimum absolute atomic E-state index is 0.0701. The van der Waals surface area contributed by atoms with Gasteiger partial charge < -0.3 is 9.84 Å². The van der Waals surface area contributed by atoms with Crippen LogP contribution >= 0.6 is 11.3 Å². The number of ether oxygens (including phenoxy) is 1. The van der Waals surface area contributed by atoms with Crippen molar-refractivity contribution in [2.24, 2.45) is 0 Å². The molecule has 0 fully saturated rings. The molecule has 0 saturated heterocycles. The minimum atomic E-state index is -1.08. The first kappa shape index (κ1) is 14.0. The highest BCUT2D eigenvalue weighted by Gasteiger charge is 2.19. The van der Waals surface area contributed by atoms with Crippen molar-refractivity contribution in [3.05, 3.63) is 57.8 Å². The summed E-state index contributed by atoms with van der Waals surface area (Å²) >= 11 is 1.46. The molecule has 0 aliphatic heterocycles. The van der Waals surface area contributed by atoms with Crippen LogP contribution in [0.4, 0.5) is 0 Å². The van der Waals surface area contributed by atoms with Crippen molar-refractivity contribution in [2.45, 2.75) is 0 Å². The number of carboxylic acid groups (broad SMARTS) is 1. The topological polar surface area (TPSA) is 63.6 Å². The molecule has 1 heterocycles. The van der Waals surface area contributed by atoms with E-state index in [2.05, 4.69) is 0 Å². The van der Waals surface area contributed by atoms with Crippen LogP contribution in [-0.4, -0.2) is 24.2 Å². The number of thiophene rings is 1. The fourth-order valence-corrected chi connectivity index (χ4v) is 2.43. The average Bonchev–Trinajstić information content (AvgIpc) is 2.97.